The van der Waals surface area contributed by atoms with Gasteiger partial charge in [-0.1, -0.05) is 48.5 Å². The number of para-hydroxylation sites is 1. The van der Waals surface area contributed by atoms with Crippen LogP contribution in [0.4, 0.5) is 5.69 Å². The minimum absolute atomic E-state index is 0.727. The molecule has 0 atom stereocenters. The topological polar surface area (TPSA) is 34.1 Å². The van der Waals surface area contributed by atoms with Crippen molar-refractivity contribution >= 4 is 20.5 Å². The maximum atomic E-state index is 6.21. The van der Waals surface area contributed by atoms with E-state index in [1.165, 1.54) is 5.69 Å². The van der Waals surface area contributed by atoms with E-state index in [-0.39, 0.29) is 0 Å². The fourth-order valence-corrected chi connectivity index (χ4v) is 5.36. The molecule has 3 rings (SSSR count). The summed E-state index contributed by atoms with van der Waals surface area (Å²) in [7, 11) is -2.08. The Morgan fingerprint density at radius 2 is 1.58 bits per heavy atom. The van der Waals surface area contributed by atoms with Crippen LogP contribution in [0.2, 0.25) is 12.6 Å². The van der Waals surface area contributed by atoms with Gasteiger partial charge in [-0.15, -0.1) is 0 Å². The van der Waals surface area contributed by atoms with Gasteiger partial charge >= 0.3 is 8.56 Å². The van der Waals surface area contributed by atoms with Crippen molar-refractivity contribution in [2.75, 3.05) is 37.7 Å². The highest BCUT2D eigenvalue weighted by Crippen LogP contribution is 2.20. The second-order valence-electron chi connectivity index (χ2n) is 6.70. The Morgan fingerprint density at radius 1 is 0.962 bits per heavy atom. The fourth-order valence-electron chi connectivity index (χ4n) is 3.14. The van der Waals surface area contributed by atoms with Crippen LogP contribution in [-0.2, 0) is 8.85 Å². The van der Waals surface area contributed by atoms with Gasteiger partial charge in [0.15, 0.2) is 0 Å². The molecule has 1 heterocycles. The van der Waals surface area contributed by atoms with Crippen molar-refractivity contribution in [1.29, 1.82) is 0 Å². The van der Waals surface area contributed by atoms with E-state index in [4.69, 9.17) is 8.85 Å². The molecule has 26 heavy (non-hydrogen) atoms. The van der Waals surface area contributed by atoms with Crippen molar-refractivity contribution in [3.05, 3.63) is 66.2 Å². The third kappa shape index (κ3) is 5.80. The summed E-state index contributed by atoms with van der Waals surface area (Å²) in [6.07, 6.45) is 2.95. The first-order valence-electron chi connectivity index (χ1n) is 9.38. The Labute approximate surface area is 157 Å². The molecule has 0 aromatic heterocycles. The normalized spacial score (nSPS) is 17.8. The average Bonchev–Trinajstić information content (AvgIpc) is 2.66. The quantitative estimate of drug-likeness (QED) is 0.437. The Bertz CT molecular complexity index is 669. The molecule has 138 valence electrons. The van der Waals surface area contributed by atoms with Crippen molar-refractivity contribution in [3.8, 4) is 0 Å². The summed E-state index contributed by atoms with van der Waals surface area (Å²) in [5, 5.41) is 0. The van der Waals surface area contributed by atoms with Crippen LogP contribution in [0.1, 0.15) is 12.0 Å². The molecule has 0 amide bonds. The zero-order valence-corrected chi connectivity index (χ0v) is 16.5. The minimum Gasteiger partial charge on any atom is -0.392 e. The zero-order chi connectivity index (χ0) is 18.1. The van der Waals surface area contributed by atoms with E-state index in [1.807, 2.05) is 30.5 Å². The molecule has 1 fully saturated rings. The first kappa shape index (κ1) is 18.8. The summed E-state index contributed by atoms with van der Waals surface area (Å²) in [5.41, 5.74) is 2.38. The lowest BCUT2D eigenvalue weighted by Gasteiger charge is -2.34. The molecule has 1 aliphatic rings. The minimum atomic E-state index is -2.08. The van der Waals surface area contributed by atoms with Gasteiger partial charge in [0.05, 0.1) is 13.2 Å². The van der Waals surface area contributed by atoms with Crippen LogP contribution in [0.3, 0.4) is 0 Å². The summed E-state index contributed by atoms with van der Waals surface area (Å²) >= 11 is 0. The number of benzene rings is 2. The number of rotatable bonds is 6. The van der Waals surface area contributed by atoms with Gasteiger partial charge in [-0.25, -0.2) is 0 Å². The molecular formula is C21H28N2O2Si. The highest BCUT2D eigenvalue weighted by atomic mass is 28.4. The molecule has 0 spiro atoms. The molecule has 1 saturated heterocycles. The highest BCUT2D eigenvalue weighted by molar-refractivity contribution is 6.66. The van der Waals surface area contributed by atoms with Crippen LogP contribution in [0, 0.1) is 0 Å². The summed E-state index contributed by atoms with van der Waals surface area (Å²) in [4.78, 5) is 6.86. The lowest BCUT2D eigenvalue weighted by molar-refractivity contribution is 0.164. The van der Waals surface area contributed by atoms with Gasteiger partial charge in [0.1, 0.15) is 0 Å². The van der Waals surface area contributed by atoms with Gasteiger partial charge in [-0.3, -0.25) is 4.99 Å². The van der Waals surface area contributed by atoms with Crippen LogP contribution in [-0.4, -0.2) is 47.6 Å². The third-order valence-corrected chi connectivity index (χ3v) is 7.51. The van der Waals surface area contributed by atoms with Crippen LogP contribution >= 0.6 is 0 Å². The van der Waals surface area contributed by atoms with Crippen molar-refractivity contribution in [2.24, 2.45) is 4.99 Å². The Morgan fingerprint density at radius 3 is 2.23 bits per heavy atom. The van der Waals surface area contributed by atoms with Gasteiger partial charge in [-0.2, -0.15) is 0 Å². The summed E-state index contributed by atoms with van der Waals surface area (Å²) < 4.78 is 12.4. The van der Waals surface area contributed by atoms with E-state index in [9.17, 15) is 0 Å². The molecule has 4 nitrogen and oxygen atoms in total. The van der Waals surface area contributed by atoms with Crippen LogP contribution in [0.15, 0.2) is 65.7 Å². The smallest absolute Gasteiger partial charge is 0.335 e. The Balaban J connectivity index is 1.42. The second kappa shape index (κ2) is 9.66. The predicted octanol–water partition coefficient (Wildman–Crippen LogP) is 4.12. The summed E-state index contributed by atoms with van der Waals surface area (Å²) in [6.45, 7) is 6.30. The number of nitrogens with zero attached hydrogens (tertiary/aromatic N) is 2. The predicted molar refractivity (Wildman–Crippen MR) is 111 cm³/mol. The Hall–Kier alpha value is -1.95. The molecule has 0 unspecified atom stereocenters. The molecular weight excluding hydrogens is 340 g/mol. The summed E-state index contributed by atoms with van der Waals surface area (Å²) in [6, 6.07) is 21.7. The van der Waals surface area contributed by atoms with E-state index in [0.717, 1.165) is 50.9 Å². The lowest BCUT2D eigenvalue weighted by atomic mass is 10.2. The van der Waals surface area contributed by atoms with Gasteiger partial charge in [-0.05, 0) is 36.7 Å². The van der Waals surface area contributed by atoms with Gasteiger partial charge in [0.25, 0.3) is 0 Å². The maximum Gasteiger partial charge on any atom is 0.335 e. The van der Waals surface area contributed by atoms with Crippen LogP contribution < -0.4 is 4.90 Å². The lowest BCUT2D eigenvalue weighted by Crippen LogP contribution is -2.46. The SMILES string of the molecule is C[Si]1(CCCN=Cc2ccccc2)OCCN(c2ccccc2)CCO1. The van der Waals surface area contributed by atoms with Crippen molar-refractivity contribution in [3.63, 3.8) is 0 Å². The molecule has 0 aliphatic carbocycles. The third-order valence-electron chi connectivity index (χ3n) is 4.62. The second-order valence-corrected chi connectivity index (χ2v) is 10.0. The number of hydrogen-bond donors (Lipinski definition) is 0. The van der Waals surface area contributed by atoms with Gasteiger partial charge < -0.3 is 13.8 Å². The molecule has 2 aromatic rings. The highest BCUT2D eigenvalue weighted by Gasteiger charge is 2.32. The van der Waals surface area contributed by atoms with E-state index in [2.05, 4.69) is 52.8 Å². The zero-order valence-electron chi connectivity index (χ0n) is 15.5. The van der Waals surface area contributed by atoms with Crippen LogP contribution in [0.25, 0.3) is 0 Å². The standard InChI is InChI=1S/C21H28N2O2Si/c1-26(18-8-13-22-19-20-9-4-2-5-10-20)24-16-14-23(15-17-25-26)21-11-6-3-7-12-21/h2-7,9-12,19H,8,13-18H2,1H3. The van der Waals surface area contributed by atoms with Crippen molar-refractivity contribution < 1.29 is 8.85 Å². The largest absolute Gasteiger partial charge is 0.392 e. The summed E-state index contributed by atoms with van der Waals surface area (Å²) in [5.74, 6) is 0. The molecule has 0 N–H and O–H groups in total. The number of hydrogen-bond acceptors (Lipinski definition) is 4. The van der Waals surface area contributed by atoms with E-state index >= 15 is 0 Å². The number of aliphatic imine (C=N–C) groups is 1. The molecule has 0 bridgehead atoms. The van der Waals surface area contributed by atoms with E-state index < -0.39 is 8.56 Å². The molecule has 1 aliphatic heterocycles. The van der Waals surface area contributed by atoms with Gasteiger partial charge in [0.2, 0.25) is 0 Å². The van der Waals surface area contributed by atoms with Gasteiger partial charge in [0, 0.05) is 31.5 Å². The van der Waals surface area contributed by atoms with Crippen molar-refractivity contribution in [2.45, 2.75) is 19.0 Å². The van der Waals surface area contributed by atoms with E-state index in [1.54, 1.807) is 0 Å². The molecule has 0 radical (unpaired) electrons. The maximum absolute atomic E-state index is 6.21. The molecule has 2 aromatic carbocycles. The first-order valence-corrected chi connectivity index (χ1v) is 11.9. The first-order chi connectivity index (χ1) is 12.8. The van der Waals surface area contributed by atoms with E-state index in [0.29, 0.717) is 0 Å². The fraction of sp³-hybridized carbons (Fsp3) is 0.381. The van der Waals surface area contributed by atoms with Crippen molar-refractivity contribution in [1.82, 2.24) is 0 Å². The monoisotopic (exact) mass is 368 g/mol. The Kier molecular flexibility index (Phi) is 7.00. The van der Waals surface area contributed by atoms with Crippen LogP contribution in [0.5, 0.6) is 0 Å². The average molecular weight is 369 g/mol. The number of anilines is 1. The molecule has 0 saturated carbocycles. The molecule has 5 heteroatoms.